The van der Waals surface area contributed by atoms with Crippen LogP contribution in [0.2, 0.25) is 78.6 Å². The van der Waals surface area contributed by atoms with Crippen molar-refractivity contribution in [2.75, 3.05) is 0 Å². The largest absolute Gasteiger partial charge is 0.182 e. The van der Waals surface area contributed by atoms with E-state index in [9.17, 15) is 0 Å². The van der Waals surface area contributed by atoms with E-state index in [1.165, 1.54) is 0 Å². The van der Waals surface area contributed by atoms with Crippen molar-refractivity contribution >= 4 is 124 Å². The zero-order valence-corrected chi connectivity index (χ0v) is 33.0. The molecule has 0 radical (unpaired) electrons. The molecule has 0 aliphatic rings. The van der Waals surface area contributed by atoms with Gasteiger partial charge in [0.25, 0.3) is 0 Å². The highest BCUT2D eigenvalue weighted by atomic mass is 32.1. The summed E-state index contributed by atoms with van der Waals surface area (Å²) < 4.78 is 6.56. The molecular formula is C28H44S4Si5. The highest BCUT2D eigenvalue weighted by Gasteiger charge is 2.46. The van der Waals surface area contributed by atoms with Gasteiger partial charge in [0.15, 0.2) is 8.07 Å². The Morgan fingerprint density at radius 1 is 0.351 bits per heavy atom. The van der Waals surface area contributed by atoms with E-state index in [1.54, 1.807) is 38.7 Å². The predicted octanol–water partition coefficient (Wildman–Crippen LogP) is 5.49. The maximum Gasteiger partial charge on any atom is 0.182 e. The van der Waals surface area contributed by atoms with Gasteiger partial charge in [-0.2, -0.15) is 45.3 Å². The van der Waals surface area contributed by atoms with Gasteiger partial charge in [-0.25, -0.2) is 0 Å². The van der Waals surface area contributed by atoms with Crippen LogP contribution in [0.25, 0.3) is 0 Å². The Hall–Kier alpha value is -0.116. The minimum atomic E-state index is -2.40. The summed E-state index contributed by atoms with van der Waals surface area (Å²) in [7, 11) is -8.00. The average molecular weight is 649 g/mol. The minimum absolute atomic E-state index is 1.40. The van der Waals surface area contributed by atoms with Gasteiger partial charge in [-0.1, -0.05) is 103 Å². The summed E-state index contributed by atoms with van der Waals surface area (Å²) in [6.45, 7) is 30.0. The lowest BCUT2D eigenvalue weighted by atomic mass is 10.6. The molecule has 9 heteroatoms. The zero-order chi connectivity index (χ0) is 27.6. The van der Waals surface area contributed by atoms with E-state index < -0.39 is 40.4 Å². The van der Waals surface area contributed by atoms with Crippen molar-refractivity contribution in [2.45, 2.75) is 78.6 Å². The molecule has 4 aromatic rings. The summed E-state index contributed by atoms with van der Waals surface area (Å²) >= 11 is 8.15. The summed E-state index contributed by atoms with van der Waals surface area (Å²) in [5.41, 5.74) is 0. The molecule has 0 fully saturated rings. The Morgan fingerprint density at radius 2 is 0.541 bits per heavy atom. The van der Waals surface area contributed by atoms with Crippen LogP contribution < -0.4 is 38.7 Å². The third-order valence-electron chi connectivity index (χ3n) is 7.09. The first-order chi connectivity index (χ1) is 16.8. The second kappa shape index (κ2) is 10.1. The van der Waals surface area contributed by atoms with E-state index in [1.807, 2.05) is 45.3 Å². The van der Waals surface area contributed by atoms with Gasteiger partial charge in [-0.3, -0.25) is 0 Å². The number of rotatable bonds is 8. The van der Waals surface area contributed by atoms with Gasteiger partial charge < -0.3 is 0 Å². The first-order valence-electron chi connectivity index (χ1n) is 13.2. The van der Waals surface area contributed by atoms with Crippen LogP contribution in [0.5, 0.6) is 0 Å². The number of thiophene rings is 4. The monoisotopic (exact) mass is 648 g/mol. The van der Waals surface area contributed by atoms with E-state index in [2.05, 4.69) is 124 Å². The Morgan fingerprint density at radius 3 is 0.676 bits per heavy atom. The van der Waals surface area contributed by atoms with Gasteiger partial charge in [0.2, 0.25) is 0 Å². The average Bonchev–Trinajstić information content (AvgIpc) is 3.52. The van der Waals surface area contributed by atoms with Crippen molar-refractivity contribution in [1.82, 2.24) is 0 Å². The van der Waals surface area contributed by atoms with E-state index in [0.717, 1.165) is 0 Å². The Labute approximate surface area is 246 Å². The molecule has 0 aromatic carbocycles. The molecule has 4 rings (SSSR count). The number of hydrogen-bond acceptors (Lipinski definition) is 4. The summed E-state index contributed by atoms with van der Waals surface area (Å²) in [6.07, 6.45) is 0. The molecule has 0 bridgehead atoms. The number of hydrogen-bond donors (Lipinski definition) is 0. The first kappa shape index (κ1) is 29.9. The molecule has 0 saturated heterocycles. The van der Waals surface area contributed by atoms with Crippen molar-refractivity contribution < 1.29 is 0 Å². The maximum absolute atomic E-state index is 2.66. The standard InChI is InChI=1S/C28H44S4Si5/c1-33(2,3)25-13-21(17-29-25)37(22-14-26(30-18-22)34(4,5)6,23-15-27(31-19-23)35(7,8)9)24-16-28(32-20-24)36(10,11)12/h13-20H,1-12H3. The third-order valence-corrected chi connectivity index (χ3v) is 30.8. The summed E-state index contributed by atoms with van der Waals surface area (Å²) in [6, 6.07) is 10.6. The molecule has 0 atom stereocenters. The molecule has 0 saturated carbocycles. The summed E-state index contributed by atoms with van der Waals surface area (Å²) in [5.74, 6) is 0. The van der Waals surface area contributed by atoms with Crippen LogP contribution in [-0.2, 0) is 0 Å². The molecule has 0 nitrogen and oxygen atoms in total. The van der Waals surface area contributed by atoms with Crippen LogP contribution in [-0.4, -0.2) is 40.4 Å². The fourth-order valence-corrected chi connectivity index (χ4v) is 23.5. The third kappa shape index (κ3) is 5.86. The summed E-state index contributed by atoms with van der Waals surface area (Å²) in [5, 5.41) is 16.8. The van der Waals surface area contributed by atoms with E-state index in [4.69, 9.17) is 0 Å². The van der Waals surface area contributed by atoms with Crippen LogP contribution in [0.3, 0.4) is 0 Å². The molecule has 37 heavy (non-hydrogen) atoms. The molecule has 0 unspecified atom stereocenters. The van der Waals surface area contributed by atoms with E-state index in [0.29, 0.717) is 0 Å². The predicted molar refractivity (Wildman–Crippen MR) is 193 cm³/mol. The Balaban J connectivity index is 2.11. The smallest absolute Gasteiger partial charge is 0.154 e. The highest BCUT2D eigenvalue weighted by Crippen LogP contribution is 2.19. The molecule has 200 valence electrons. The topological polar surface area (TPSA) is 0 Å². The quantitative estimate of drug-likeness (QED) is 0.222. The van der Waals surface area contributed by atoms with Crippen LogP contribution in [0, 0.1) is 0 Å². The summed E-state index contributed by atoms with van der Waals surface area (Å²) in [4.78, 5) is 0. The van der Waals surface area contributed by atoms with Gasteiger partial charge in [-0.05, 0) is 60.3 Å². The van der Waals surface area contributed by atoms with Crippen LogP contribution >= 0.6 is 45.3 Å². The van der Waals surface area contributed by atoms with Gasteiger partial charge in [-0.15, -0.1) is 0 Å². The lowest BCUT2D eigenvalue weighted by Crippen LogP contribution is -2.74. The fourth-order valence-electron chi connectivity index (χ4n) is 4.70. The van der Waals surface area contributed by atoms with Crippen molar-refractivity contribution in [3.63, 3.8) is 0 Å². The van der Waals surface area contributed by atoms with Crippen molar-refractivity contribution in [3.8, 4) is 0 Å². The van der Waals surface area contributed by atoms with E-state index in [-0.39, 0.29) is 0 Å². The lowest BCUT2D eigenvalue weighted by molar-refractivity contribution is 1.78. The van der Waals surface area contributed by atoms with Crippen LogP contribution in [0.15, 0.2) is 45.8 Å². The van der Waals surface area contributed by atoms with Crippen LogP contribution in [0.4, 0.5) is 0 Å². The van der Waals surface area contributed by atoms with Gasteiger partial charge >= 0.3 is 0 Å². The molecule has 0 N–H and O–H groups in total. The fraction of sp³-hybridized carbons (Fsp3) is 0.429. The molecule has 4 aromatic heterocycles. The Bertz CT molecular complexity index is 1160. The van der Waals surface area contributed by atoms with Gasteiger partial charge in [0.1, 0.15) is 0 Å². The lowest BCUT2D eigenvalue weighted by Gasteiger charge is -2.31. The highest BCUT2D eigenvalue weighted by molar-refractivity contribution is 7.35. The van der Waals surface area contributed by atoms with Gasteiger partial charge in [0, 0.05) is 0 Å². The molecule has 0 spiro atoms. The second-order valence-electron chi connectivity index (χ2n) is 14.5. The molecule has 0 amide bonds. The minimum Gasteiger partial charge on any atom is -0.154 e. The molecular weight excluding hydrogens is 605 g/mol. The zero-order valence-electron chi connectivity index (χ0n) is 24.8. The van der Waals surface area contributed by atoms with Crippen molar-refractivity contribution in [3.05, 3.63) is 45.8 Å². The molecule has 0 aliphatic heterocycles. The SMILES string of the molecule is C[Si](C)(C)c1cc([Si](c2csc([Si](C)(C)C)c2)(c2csc([Si](C)(C)C)c2)c2csc([Si](C)(C)C)c2)cs1. The molecule has 4 heterocycles. The van der Waals surface area contributed by atoms with Crippen molar-refractivity contribution in [2.24, 2.45) is 0 Å². The molecule has 0 aliphatic carbocycles. The maximum atomic E-state index is 2.66. The van der Waals surface area contributed by atoms with Crippen molar-refractivity contribution in [1.29, 1.82) is 0 Å². The van der Waals surface area contributed by atoms with Crippen LogP contribution in [0.1, 0.15) is 0 Å². The first-order valence-corrected chi connectivity index (χ1v) is 32.7. The normalized spacial score (nSPS) is 13.9. The van der Waals surface area contributed by atoms with Gasteiger partial charge in [0.05, 0.1) is 32.3 Å². The Kier molecular flexibility index (Phi) is 8.12. The second-order valence-corrected chi connectivity index (χ2v) is 43.6. The van der Waals surface area contributed by atoms with E-state index >= 15 is 0 Å².